The Kier molecular flexibility index (Phi) is 4.60. The van der Waals surface area contributed by atoms with Crippen LogP contribution in [0.25, 0.3) is 0 Å². The van der Waals surface area contributed by atoms with E-state index in [1.165, 1.54) is 12.1 Å². The summed E-state index contributed by atoms with van der Waals surface area (Å²) < 4.78 is 10.6. The Bertz CT molecular complexity index is 548. The fraction of sp³-hybridized carbons (Fsp3) is 0.188. The lowest BCUT2D eigenvalue weighted by Crippen LogP contribution is -2.25. The Morgan fingerprint density at radius 2 is 1.75 bits per heavy atom. The zero-order chi connectivity index (χ0) is 14.4. The van der Waals surface area contributed by atoms with Gasteiger partial charge in [-0.3, -0.25) is 0 Å². The van der Waals surface area contributed by atoms with E-state index in [2.05, 4.69) is 0 Å². The molecule has 20 heavy (non-hydrogen) atoms. The van der Waals surface area contributed by atoms with Crippen molar-refractivity contribution in [2.24, 2.45) is 0 Å². The van der Waals surface area contributed by atoms with Crippen molar-refractivity contribution in [1.29, 1.82) is 0 Å². The molecule has 1 unspecified atom stereocenters. The molecular weight excluding hydrogens is 256 g/mol. The predicted octanol–water partition coefficient (Wildman–Crippen LogP) is 2.90. The quantitative estimate of drug-likeness (QED) is 0.850. The fourth-order valence-corrected chi connectivity index (χ4v) is 1.62. The summed E-state index contributed by atoms with van der Waals surface area (Å²) in [4.78, 5) is 11.8. The van der Waals surface area contributed by atoms with Gasteiger partial charge in [-0.15, -0.1) is 0 Å². The maximum atomic E-state index is 11.8. The molecule has 2 rings (SSSR count). The predicted molar refractivity (Wildman–Crippen MR) is 74.4 cm³/mol. The monoisotopic (exact) mass is 272 g/mol. The molecule has 0 heterocycles. The molecule has 0 fully saturated rings. The van der Waals surface area contributed by atoms with E-state index in [0.717, 1.165) is 5.56 Å². The van der Waals surface area contributed by atoms with Crippen molar-refractivity contribution >= 4 is 5.97 Å². The number of aromatic hydroxyl groups is 1. The van der Waals surface area contributed by atoms with E-state index in [1.54, 1.807) is 19.1 Å². The van der Waals surface area contributed by atoms with E-state index in [1.807, 2.05) is 30.3 Å². The second-order valence-corrected chi connectivity index (χ2v) is 4.35. The van der Waals surface area contributed by atoms with Gasteiger partial charge in [0.25, 0.3) is 0 Å². The third kappa shape index (κ3) is 4.02. The first-order chi connectivity index (χ1) is 9.65. The first-order valence-corrected chi connectivity index (χ1v) is 6.31. The third-order valence-electron chi connectivity index (χ3n) is 2.71. The second kappa shape index (κ2) is 6.61. The summed E-state index contributed by atoms with van der Waals surface area (Å²) in [5.74, 6) is 0.227. The summed E-state index contributed by atoms with van der Waals surface area (Å²) >= 11 is 0. The number of esters is 1. The van der Waals surface area contributed by atoms with Crippen molar-refractivity contribution in [2.45, 2.75) is 19.6 Å². The molecular formula is C16H16O4. The van der Waals surface area contributed by atoms with Gasteiger partial charge in [-0.1, -0.05) is 30.3 Å². The summed E-state index contributed by atoms with van der Waals surface area (Å²) in [6.45, 7) is 1.85. The van der Waals surface area contributed by atoms with Gasteiger partial charge in [-0.2, -0.15) is 0 Å². The minimum atomic E-state index is -0.705. The zero-order valence-corrected chi connectivity index (χ0v) is 11.2. The smallest absolute Gasteiger partial charge is 0.347 e. The number of phenols is 1. The van der Waals surface area contributed by atoms with Gasteiger partial charge < -0.3 is 14.6 Å². The average Bonchev–Trinajstić information content (AvgIpc) is 2.48. The highest BCUT2D eigenvalue weighted by Gasteiger charge is 2.16. The van der Waals surface area contributed by atoms with Crippen molar-refractivity contribution < 1.29 is 19.4 Å². The molecule has 104 valence electrons. The Morgan fingerprint density at radius 3 is 2.40 bits per heavy atom. The SMILES string of the molecule is CC(Oc1ccc(O)cc1)C(=O)OCc1ccccc1. The van der Waals surface area contributed by atoms with Crippen molar-refractivity contribution in [3.05, 3.63) is 60.2 Å². The van der Waals surface area contributed by atoms with E-state index in [4.69, 9.17) is 14.6 Å². The minimum absolute atomic E-state index is 0.150. The molecule has 1 atom stereocenters. The lowest BCUT2D eigenvalue weighted by molar-refractivity contribution is -0.152. The van der Waals surface area contributed by atoms with Crippen LogP contribution in [0.4, 0.5) is 0 Å². The van der Waals surface area contributed by atoms with Gasteiger partial charge in [0.2, 0.25) is 0 Å². The molecule has 0 radical (unpaired) electrons. The first-order valence-electron chi connectivity index (χ1n) is 6.31. The van der Waals surface area contributed by atoms with Gasteiger partial charge in [0.05, 0.1) is 0 Å². The van der Waals surface area contributed by atoms with Gasteiger partial charge >= 0.3 is 5.97 Å². The molecule has 0 aliphatic carbocycles. The molecule has 2 aromatic rings. The number of carbonyl (C=O) groups is 1. The average molecular weight is 272 g/mol. The molecule has 0 saturated carbocycles. The summed E-state index contributed by atoms with van der Waals surface area (Å²) in [6.07, 6.45) is -0.705. The van der Waals surface area contributed by atoms with Gasteiger partial charge in [-0.25, -0.2) is 4.79 Å². The van der Waals surface area contributed by atoms with Crippen molar-refractivity contribution in [3.63, 3.8) is 0 Å². The summed E-state index contributed by atoms with van der Waals surface area (Å²) in [7, 11) is 0. The Balaban J connectivity index is 1.84. The Morgan fingerprint density at radius 1 is 1.10 bits per heavy atom. The molecule has 4 nitrogen and oxygen atoms in total. The molecule has 0 amide bonds. The first kappa shape index (κ1) is 13.9. The van der Waals surface area contributed by atoms with Crippen molar-refractivity contribution in [1.82, 2.24) is 0 Å². The van der Waals surface area contributed by atoms with Crippen LogP contribution in [0.3, 0.4) is 0 Å². The lowest BCUT2D eigenvalue weighted by Gasteiger charge is -2.14. The second-order valence-electron chi connectivity index (χ2n) is 4.35. The number of benzene rings is 2. The highest BCUT2D eigenvalue weighted by atomic mass is 16.6. The summed E-state index contributed by atoms with van der Waals surface area (Å²) in [6, 6.07) is 15.6. The molecule has 0 bridgehead atoms. The molecule has 0 spiro atoms. The molecule has 4 heteroatoms. The van der Waals surface area contributed by atoms with Crippen LogP contribution in [0.15, 0.2) is 54.6 Å². The summed E-state index contributed by atoms with van der Waals surface area (Å²) in [5.41, 5.74) is 0.928. The topological polar surface area (TPSA) is 55.8 Å². The van der Waals surface area contributed by atoms with Crippen molar-refractivity contribution in [3.8, 4) is 11.5 Å². The standard InChI is InChI=1S/C16H16O4/c1-12(20-15-9-7-14(17)8-10-15)16(18)19-11-13-5-3-2-4-6-13/h2-10,12,17H,11H2,1H3. The fourth-order valence-electron chi connectivity index (χ4n) is 1.62. The van der Waals surface area contributed by atoms with Crippen LogP contribution in [0.5, 0.6) is 11.5 Å². The zero-order valence-electron chi connectivity index (χ0n) is 11.2. The molecule has 0 aliphatic rings. The van der Waals surface area contributed by atoms with Gasteiger partial charge in [0, 0.05) is 0 Å². The molecule has 0 aliphatic heterocycles. The van der Waals surface area contributed by atoms with E-state index >= 15 is 0 Å². The van der Waals surface area contributed by atoms with Crippen LogP contribution in [0, 0.1) is 0 Å². The Labute approximate surface area is 117 Å². The molecule has 2 aromatic carbocycles. The van der Waals surface area contributed by atoms with E-state index in [0.29, 0.717) is 5.75 Å². The highest BCUT2D eigenvalue weighted by Crippen LogP contribution is 2.17. The van der Waals surface area contributed by atoms with Crippen LogP contribution in [-0.4, -0.2) is 17.2 Å². The molecule has 0 aromatic heterocycles. The van der Waals surface area contributed by atoms with Crippen molar-refractivity contribution in [2.75, 3.05) is 0 Å². The van der Waals surface area contributed by atoms with Gasteiger partial charge in [0.15, 0.2) is 6.10 Å². The lowest BCUT2D eigenvalue weighted by atomic mass is 10.2. The largest absolute Gasteiger partial charge is 0.508 e. The van der Waals surface area contributed by atoms with E-state index in [9.17, 15) is 4.79 Å². The van der Waals surface area contributed by atoms with Crippen LogP contribution in [0.1, 0.15) is 12.5 Å². The number of hydrogen-bond acceptors (Lipinski definition) is 4. The number of ether oxygens (including phenoxy) is 2. The maximum Gasteiger partial charge on any atom is 0.347 e. The molecule has 1 N–H and O–H groups in total. The van der Waals surface area contributed by atoms with Crippen LogP contribution in [0.2, 0.25) is 0 Å². The van der Waals surface area contributed by atoms with Crippen LogP contribution in [-0.2, 0) is 16.1 Å². The number of phenolic OH excluding ortho intramolecular Hbond substituents is 1. The number of carbonyl (C=O) groups excluding carboxylic acids is 1. The van der Waals surface area contributed by atoms with Gasteiger partial charge in [0.1, 0.15) is 18.1 Å². The normalized spacial score (nSPS) is 11.7. The van der Waals surface area contributed by atoms with Gasteiger partial charge in [-0.05, 0) is 36.8 Å². The van der Waals surface area contributed by atoms with Crippen LogP contribution < -0.4 is 4.74 Å². The number of rotatable bonds is 5. The van der Waals surface area contributed by atoms with E-state index in [-0.39, 0.29) is 12.4 Å². The Hall–Kier alpha value is -2.49. The van der Waals surface area contributed by atoms with E-state index < -0.39 is 12.1 Å². The summed E-state index contributed by atoms with van der Waals surface area (Å²) in [5, 5.41) is 9.16. The molecule has 0 saturated heterocycles. The number of hydrogen-bond donors (Lipinski definition) is 1. The minimum Gasteiger partial charge on any atom is -0.508 e. The van der Waals surface area contributed by atoms with Crippen LogP contribution >= 0.6 is 0 Å². The highest BCUT2D eigenvalue weighted by molar-refractivity contribution is 5.74. The third-order valence-corrected chi connectivity index (χ3v) is 2.71. The maximum absolute atomic E-state index is 11.8.